The molecule has 0 saturated heterocycles. The summed E-state index contributed by atoms with van der Waals surface area (Å²) in [5, 5.41) is 2.05. The van der Waals surface area contributed by atoms with E-state index < -0.39 is 23.2 Å². The Kier molecular flexibility index (Phi) is 6.33. The Morgan fingerprint density at radius 2 is 1.79 bits per heavy atom. The number of carbonyl (C=O) groups excluding carboxylic acids is 2. The van der Waals surface area contributed by atoms with Crippen molar-refractivity contribution < 1.29 is 23.1 Å². The van der Waals surface area contributed by atoms with E-state index in [1.807, 2.05) is 31.2 Å². The largest absolute Gasteiger partial charge is 0.455 e. The molecule has 2 aromatic carbocycles. The zero-order chi connectivity index (χ0) is 21.0. The van der Waals surface area contributed by atoms with Crippen LogP contribution in [0, 0.1) is 11.6 Å². The van der Waals surface area contributed by atoms with Crippen molar-refractivity contribution in [1.29, 1.82) is 0 Å². The lowest BCUT2D eigenvalue weighted by molar-refractivity contribution is -0.115. The standard InChI is InChI=1S/C21H18F2N2O3S/c1-3-14-7-4-5-10-18(14)25(13(2)26)21-24-15(12-29-21)11-28-20(27)19-16(22)8-6-9-17(19)23/h4-10,12H,3,11H2,1-2H3. The third kappa shape index (κ3) is 4.48. The summed E-state index contributed by atoms with van der Waals surface area (Å²) in [5.41, 5.74) is 1.34. The van der Waals surface area contributed by atoms with E-state index >= 15 is 0 Å². The van der Waals surface area contributed by atoms with Crippen molar-refractivity contribution in [1.82, 2.24) is 4.98 Å². The van der Waals surface area contributed by atoms with Crippen LogP contribution >= 0.6 is 11.3 Å². The van der Waals surface area contributed by atoms with Crippen LogP contribution in [-0.2, 0) is 22.6 Å². The van der Waals surface area contributed by atoms with Gasteiger partial charge in [-0.25, -0.2) is 18.6 Å². The third-order valence-corrected chi connectivity index (χ3v) is 5.05. The number of ether oxygens (including phenoxy) is 1. The Balaban J connectivity index is 1.79. The van der Waals surface area contributed by atoms with Crippen molar-refractivity contribution in [3.63, 3.8) is 0 Å². The van der Waals surface area contributed by atoms with Crippen molar-refractivity contribution in [3.8, 4) is 0 Å². The molecule has 0 aliphatic carbocycles. The number of hydrogen-bond acceptors (Lipinski definition) is 5. The van der Waals surface area contributed by atoms with Crippen LogP contribution < -0.4 is 4.90 Å². The number of benzene rings is 2. The molecule has 3 aromatic rings. The number of rotatable bonds is 6. The number of amides is 1. The molecule has 5 nitrogen and oxygen atoms in total. The molecule has 0 radical (unpaired) electrons. The molecule has 3 rings (SSSR count). The maximum Gasteiger partial charge on any atom is 0.344 e. The van der Waals surface area contributed by atoms with Gasteiger partial charge >= 0.3 is 5.97 Å². The quantitative estimate of drug-likeness (QED) is 0.529. The number of aryl methyl sites for hydroxylation is 1. The van der Waals surface area contributed by atoms with Gasteiger partial charge in [-0.15, -0.1) is 11.3 Å². The molecule has 0 saturated carbocycles. The van der Waals surface area contributed by atoms with Gasteiger partial charge in [0.15, 0.2) is 5.13 Å². The van der Waals surface area contributed by atoms with Gasteiger partial charge < -0.3 is 4.74 Å². The molecular weight excluding hydrogens is 398 g/mol. The molecule has 0 atom stereocenters. The van der Waals surface area contributed by atoms with Gasteiger partial charge in [-0.2, -0.15) is 0 Å². The SMILES string of the molecule is CCc1ccccc1N(C(C)=O)c1nc(COC(=O)c2c(F)cccc2F)cs1. The smallest absolute Gasteiger partial charge is 0.344 e. The average Bonchev–Trinajstić information content (AvgIpc) is 3.15. The maximum absolute atomic E-state index is 13.7. The Labute approximate surface area is 170 Å². The molecule has 8 heteroatoms. The molecule has 0 aliphatic heterocycles. The molecule has 1 amide bonds. The first-order valence-electron chi connectivity index (χ1n) is 8.86. The van der Waals surface area contributed by atoms with Crippen LogP contribution in [0.5, 0.6) is 0 Å². The molecule has 0 bridgehead atoms. The fourth-order valence-corrected chi connectivity index (χ4v) is 3.67. The summed E-state index contributed by atoms with van der Waals surface area (Å²) in [5.74, 6) is -3.31. The van der Waals surface area contributed by atoms with E-state index in [2.05, 4.69) is 4.98 Å². The summed E-state index contributed by atoms with van der Waals surface area (Å²) in [6.45, 7) is 3.16. The molecule has 0 aliphatic rings. The van der Waals surface area contributed by atoms with Crippen LogP contribution in [0.4, 0.5) is 19.6 Å². The predicted molar refractivity (Wildman–Crippen MR) is 106 cm³/mol. The van der Waals surface area contributed by atoms with Crippen molar-refractivity contribution in [2.24, 2.45) is 0 Å². The summed E-state index contributed by atoms with van der Waals surface area (Å²) < 4.78 is 32.4. The molecule has 1 aromatic heterocycles. The lowest BCUT2D eigenvalue weighted by Gasteiger charge is -2.20. The van der Waals surface area contributed by atoms with Gasteiger partial charge in [-0.05, 0) is 30.2 Å². The van der Waals surface area contributed by atoms with E-state index in [9.17, 15) is 18.4 Å². The first-order valence-corrected chi connectivity index (χ1v) is 9.74. The molecule has 0 N–H and O–H groups in total. The molecule has 150 valence electrons. The topological polar surface area (TPSA) is 59.5 Å². The first-order chi connectivity index (χ1) is 13.9. The first kappa shape index (κ1) is 20.6. The van der Waals surface area contributed by atoms with Crippen molar-refractivity contribution in [3.05, 3.63) is 76.3 Å². The summed E-state index contributed by atoms with van der Waals surface area (Å²) in [7, 11) is 0. The fourth-order valence-electron chi connectivity index (χ4n) is 2.81. The summed E-state index contributed by atoms with van der Waals surface area (Å²) in [6, 6.07) is 10.6. The average molecular weight is 416 g/mol. The van der Waals surface area contributed by atoms with Gasteiger partial charge in [0.2, 0.25) is 5.91 Å². The highest BCUT2D eigenvalue weighted by Crippen LogP contribution is 2.32. The van der Waals surface area contributed by atoms with Crippen LogP contribution in [0.3, 0.4) is 0 Å². The Morgan fingerprint density at radius 1 is 1.10 bits per heavy atom. The summed E-state index contributed by atoms with van der Waals surface area (Å²) >= 11 is 1.21. The van der Waals surface area contributed by atoms with Gasteiger partial charge in [-0.1, -0.05) is 31.2 Å². The van der Waals surface area contributed by atoms with Crippen LogP contribution in [0.15, 0.2) is 47.8 Å². The van der Waals surface area contributed by atoms with E-state index in [1.165, 1.54) is 29.2 Å². The zero-order valence-corrected chi connectivity index (χ0v) is 16.6. The summed E-state index contributed by atoms with van der Waals surface area (Å²) in [4.78, 5) is 30.1. The number of halogens is 2. The Bertz CT molecular complexity index is 1030. The number of carbonyl (C=O) groups is 2. The predicted octanol–water partition coefficient (Wildman–Crippen LogP) is 5.03. The summed E-state index contributed by atoms with van der Waals surface area (Å²) in [6.07, 6.45) is 0.740. The molecule has 0 fully saturated rings. The number of thiazole rings is 1. The fraction of sp³-hybridized carbons (Fsp3) is 0.190. The van der Waals surface area contributed by atoms with Crippen molar-refractivity contribution >= 4 is 34.0 Å². The van der Waals surface area contributed by atoms with Gasteiger partial charge in [0, 0.05) is 12.3 Å². The number of esters is 1. The lowest BCUT2D eigenvalue weighted by Crippen LogP contribution is -2.23. The van der Waals surface area contributed by atoms with Crippen molar-refractivity contribution in [2.45, 2.75) is 26.9 Å². The highest BCUT2D eigenvalue weighted by atomic mass is 32.1. The Morgan fingerprint density at radius 3 is 2.45 bits per heavy atom. The number of para-hydroxylation sites is 1. The van der Waals surface area contributed by atoms with Gasteiger partial charge in [-0.3, -0.25) is 9.69 Å². The number of nitrogens with zero attached hydrogens (tertiary/aromatic N) is 2. The van der Waals surface area contributed by atoms with Crippen LogP contribution in [0.25, 0.3) is 0 Å². The zero-order valence-electron chi connectivity index (χ0n) is 15.8. The number of anilines is 2. The van der Waals surface area contributed by atoms with E-state index in [0.717, 1.165) is 29.8 Å². The number of hydrogen-bond donors (Lipinski definition) is 0. The molecule has 0 unspecified atom stereocenters. The monoisotopic (exact) mass is 416 g/mol. The van der Waals surface area contributed by atoms with E-state index in [1.54, 1.807) is 5.38 Å². The number of aromatic nitrogens is 1. The molecule has 1 heterocycles. The second-order valence-corrected chi connectivity index (χ2v) is 6.97. The second-order valence-electron chi connectivity index (χ2n) is 6.13. The third-order valence-electron chi connectivity index (χ3n) is 4.18. The Hall–Kier alpha value is -3.13. The van der Waals surface area contributed by atoms with E-state index in [4.69, 9.17) is 4.74 Å². The van der Waals surface area contributed by atoms with Crippen LogP contribution in [-0.4, -0.2) is 16.9 Å². The van der Waals surface area contributed by atoms with Gasteiger partial charge in [0.05, 0.1) is 11.4 Å². The molecule has 0 spiro atoms. The minimum absolute atomic E-state index is 0.211. The molecular formula is C21H18F2N2O3S. The van der Waals surface area contributed by atoms with E-state index in [0.29, 0.717) is 10.8 Å². The highest BCUT2D eigenvalue weighted by molar-refractivity contribution is 7.14. The van der Waals surface area contributed by atoms with Crippen LogP contribution in [0.2, 0.25) is 0 Å². The minimum atomic E-state index is -1.12. The van der Waals surface area contributed by atoms with E-state index in [-0.39, 0.29) is 12.5 Å². The lowest BCUT2D eigenvalue weighted by atomic mass is 10.1. The van der Waals surface area contributed by atoms with Crippen molar-refractivity contribution in [2.75, 3.05) is 4.90 Å². The highest BCUT2D eigenvalue weighted by Gasteiger charge is 2.22. The maximum atomic E-state index is 13.7. The minimum Gasteiger partial charge on any atom is -0.455 e. The normalized spacial score (nSPS) is 10.6. The van der Waals surface area contributed by atoms with Gasteiger partial charge in [0.25, 0.3) is 0 Å². The molecule has 29 heavy (non-hydrogen) atoms. The second kappa shape index (κ2) is 8.91. The van der Waals surface area contributed by atoms with Crippen LogP contribution in [0.1, 0.15) is 35.5 Å². The van der Waals surface area contributed by atoms with Gasteiger partial charge in [0.1, 0.15) is 23.8 Å².